The lowest BCUT2D eigenvalue weighted by Crippen LogP contribution is -2.49. The molecule has 0 radical (unpaired) electrons. The van der Waals surface area contributed by atoms with E-state index in [4.69, 9.17) is 9.73 Å². The van der Waals surface area contributed by atoms with E-state index >= 15 is 0 Å². The fourth-order valence-electron chi connectivity index (χ4n) is 3.66. The summed E-state index contributed by atoms with van der Waals surface area (Å²) >= 11 is 0. The summed E-state index contributed by atoms with van der Waals surface area (Å²) < 4.78 is 5.43. The quantitative estimate of drug-likeness (QED) is 0.235. The molecule has 0 saturated carbocycles. The van der Waals surface area contributed by atoms with Gasteiger partial charge in [-0.15, -0.1) is 24.0 Å². The van der Waals surface area contributed by atoms with Crippen molar-refractivity contribution in [1.29, 1.82) is 0 Å². The molecule has 0 amide bonds. The first-order valence-corrected chi connectivity index (χ1v) is 10.3. The average Bonchev–Trinajstić information content (AvgIpc) is 2.62. The molecule has 6 nitrogen and oxygen atoms in total. The zero-order valence-electron chi connectivity index (χ0n) is 17.5. The number of hydrogen-bond acceptors (Lipinski definition) is 4. The van der Waals surface area contributed by atoms with Crippen LogP contribution < -0.4 is 10.6 Å². The van der Waals surface area contributed by atoms with E-state index in [9.17, 15) is 0 Å². The largest absolute Gasteiger partial charge is 0.379 e. The van der Waals surface area contributed by atoms with Crippen molar-refractivity contribution in [2.45, 2.75) is 39.7 Å². The standard InChI is InChI=1S/C20H39N5O.HI/c1-5-21-20(22-14-18(4)16-25-10-12-26-13-11-25)23-19-6-8-24(9-7-19)15-17(2)3;/h18-19H,2,5-16H2,1,3-4H3,(H2,21,22,23);1H. The van der Waals surface area contributed by atoms with Crippen molar-refractivity contribution >= 4 is 29.9 Å². The first-order chi connectivity index (χ1) is 12.6. The Morgan fingerprint density at radius 2 is 1.85 bits per heavy atom. The van der Waals surface area contributed by atoms with Gasteiger partial charge in [0.1, 0.15) is 0 Å². The molecule has 1 unspecified atom stereocenters. The van der Waals surface area contributed by atoms with Gasteiger partial charge in [-0.1, -0.05) is 19.1 Å². The molecule has 2 rings (SSSR count). The van der Waals surface area contributed by atoms with E-state index in [1.807, 2.05) is 0 Å². The molecule has 7 heteroatoms. The number of hydrogen-bond donors (Lipinski definition) is 2. The van der Waals surface area contributed by atoms with E-state index in [1.54, 1.807) is 0 Å². The van der Waals surface area contributed by atoms with E-state index < -0.39 is 0 Å². The minimum atomic E-state index is 0. The van der Waals surface area contributed by atoms with Gasteiger partial charge in [-0.2, -0.15) is 0 Å². The highest BCUT2D eigenvalue weighted by molar-refractivity contribution is 14.0. The monoisotopic (exact) mass is 493 g/mol. The summed E-state index contributed by atoms with van der Waals surface area (Å²) in [4.78, 5) is 9.83. The summed E-state index contributed by atoms with van der Waals surface area (Å²) in [6.45, 7) is 20.6. The minimum absolute atomic E-state index is 0. The lowest BCUT2D eigenvalue weighted by molar-refractivity contribution is 0.0323. The third-order valence-electron chi connectivity index (χ3n) is 5.00. The number of likely N-dealkylation sites (tertiary alicyclic amines) is 1. The van der Waals surface area contributed by atoms with Gasteiger partial charge in [0.15, 0.2) is 5.96 Å². The van der Waals surface area contributed by atoms with Crippen LogP contribution in [0.3, 0.4) is 0 Å². The van der Waals surface area contributed by atoms with Crippen molar-refractivity contribution in [2.24, 2.45) is 10.9 Å². The Labute approximate surface area is 183 Å². The van der Waals surface area contributed by atoms with Gasteiger partial charge in [0.05, 0.1) is 13.2 Å². The molecule has 0 aliphatic carbocycles. The van der Waals surface area contributed by atoms with Crippen LogP contribution in [0.5, 0.6) is 0 Å². The van der Waals surface area contributed by atoms with Crippen LogP contribution in [-0.2, 0) is 4.74 Å². The molecule has 0 aromatic heterocycles. The van der Waals surface area contributed by atoms with Crippen molar-refractivity contribution < 1.29 is 4.74 Å². The summed E-state index contributed by atoms with van der Waals surface area (Å²) in [5, 5.41) is 7.06. The predicted octanol–water partition coefficient (Wildman–Crippen LogP) is 2.17. The van der Waals surface area contributed by atoms with Gasteiger partial charge in [0.2, 0.25) is 0 Å². The van der Waals surface area contributed by atoms with Crippen LogP contribution in [0.25, 0.3) is 0 Å². The van der Waals surface area contributed by atoms with Gasteiger partial charge in [-0.3, -0.25) is 14.8 Å². The highest BCUT2D eigenvalue weighted by Gasteiger charge is 2.20. The number of morpholine rings is 1. The lowest BCUT2D eigenvalue weighted by atomic mass is 10.0. The number of guanidine groups is 1. The molecule has 0 spiro atoms. The average molecular weight is 493 g/mol. The Kier molecular flexibility index (Phi) is 12.5. The SMILES string of the molecule is C=C(C)CN1CCC(NC(=NCC(C)CN2CCOCC2)NCC)CC1.I. The summed E-state index contributed by atoms with van der Waals surface area (Å²) in [6.07, 6.45) is 2.34. The highest BCUT2D eigenvalue weighted by atomic mass is 127. The van der Waals surface area contributed by atoms with Crippen LogP contribution in [0.15, 0.2) is 17.1 Å². The van der Waals surface area contributed by atoms with Crippen LogP contribution in [0, 0.1) is 5.92 Å². The second kappa shape index (κ2) is 13.7. The molecule has 0 bridgehead atoms. The van der Waals surface area contributed by atoms with E-state index in [0.717, 1.165) is 71.5 Å². The van der Waals surface area contributed by atoms with Crippen molar-refractivity contribution in [3.05, 3.63) is 12.2 Å². The topological polar surface area (TPSA) is 52.1 Å². The van der Waals surface area contributed by atoms with Gasteiger partial charge in [-0.25, -0.2) is 0 Å². The maximum atomic E-state index is 5.43. The minimum Gasteiger partial charge on any atom is -0.379 e. The van der Waals surface area contributed by atoms with Crippen molar-refractivity contribution in [3.8, 4) is 0 Å². The summed E-state index contributed by atoms with van der Waals surface area (Å²) in [5.41, 5.74) is 1.25. The summed E-state index contributed by atoms with van der Waals surface area (Å²) in [6, 6.07) is 0.517. The number of nitrogens with zero attached hydrogens (tertiary/aromatic N) is 3. The van der Waals surface area contributed by atoms with Gasteiger partial charge in [0, 0.05) is 58.4 Å². The first-order valence-electron chi connectivity index (χ1n) is 10.3. The lowest BCUT2D eigenvalue weighted by Gasteiger charge is -2.33. The van der Waals surface area contributed by atoms with Crippen molar-refractivity contribution in [2.75, 3.05) is 65.6 Å². The molecule has 0 aromatic carbocycles. The Bertz CT molecular complexity index is 446. The van der Waals surface area contributed by atoms with Crippen LogP contribution >= 0.6 is 24.0 Å². The van der Waals surface area contributed by atoms with Crippen molar-refractivity contribution in [1.82, 2.24) is 20.4 Å². The number of aliphatic imine (C=N–C) groups is 1. The van der Waals surface area contributed by atoms with Crippen LogP contribution in [0.1, 0.15) is 33.6 Å². The van der Waals surface area contributed by atoms with Gasteiger partial charge < -0.3 is 15.4 Å². The smallest absolute Gasteiger partial charge is 0.191 e. The van der Waals surface area contributed by atoms with Gasteiger partial charge in [0.25, 0.3) is 0 Å². The molecular formula is C20H40IN5O. The molecule has 2 fully saturated rings. The summed E-state index contributed by atoms with van der Waals surface area (Å²) in [5.74, 6) is 1.53. The van der Waals surface area contributed by atoms with E-state index in [0.29, 0.717) is 12.0 Å². The zero-order chi connectivity index (χ0) is 18.8. The molecular weight excluding hydrogens is 453 g/mol. The molecule has 2 saturated heterocycles. The van der Waals surface area contributed by atoms with Gasteiger partial charge in [-0.05, 0) is 32.6 Å². The van der Waals surface area contributed by atoms with Crippen molar-refractivity contribution in [3.63, 3.8) is 0 Å². The molecule has 2 aliphatic rings. The normalized spacial score (nSPS) is 21.4. The molecule has 2 heterocycles. The number of piperidine rings is 1. The van der Waals surface area contributed by atoms with E-state index in [2.05, 4.69) is 47.8 Å². The van der Waals surface area contributed by atoms with E-state index in [-0.39, 0.29) is 24.0 Å². The Morgan fingerprint density at radius 1 is 1.19 bits per heavy atom. The zero-order valence-corrected chi connectivity index (χ0v) is 19.8. The number of nitrogens with one attached hydrogen (secondary N) is 2. The fourth-order valence-corrected chi connectivity index (χ4v) is 3.66. The Hall–Kier alpha value is -0.380. The van der Waals surface area contributed by atoms with Crippen LogP contribution in [0.4, 0.5) is 0 Å². The predicted molar refractivity (Wildman–Crippen MR) is 125 cm³/mol. The molecule has 2 N–H and O–H groups in total. The maximum absolute atomic E-state index is 5.43. The third kappa shape index (κ3) is 10.1. The molecule has 27 heavy (non-hydrogen) atoms. The summed E-state index contributed by atoms with van der Waals surface area (Å²) in [7, 11) is 0. The van der Waals surface area contributed by atoms with E-state index in [1.165, 1.54) is 18.4 Å². The molecule has 0 aromatic rings. The maximum Gasteiger partial charge on any atom is 0.191 e. The number of halogens is 1. The molecule has 1 atom stereocenters. The highest BCUT2D eigenvalue weighted by Crippen LogP contribution is 2.11. The molecule has 2 aliphatic heterocycles. The Morgan fingerprint density at radius 3 is 2.44 bits per heavy atom. The van der Waals surface area contributed by atoms with Gasteiger partial charge >= 0.3 is 0 Å². The number of rotatable bonds is 8. The Balaban J connectivity index is 0.00000364. The second-order valence-electron chi connectivity index (χ2n) is 7.89. The van der Waals surface area contributed by atoms with Crippen LogP contribution in [-0.4, -0.2) is 87.4 Å². The molecule has 158 valence electrons. The second-order valence-corrected chi connectivity index (χ2v) is 7.89. The first kappa shape index (κ1) is 24.7. The fraction of sp³-hybridized carbons (Fsp3) is 0.850. The van der Waals surface area contributed by atoms with Crippen LogP contribution in [0.2, 0.25) is 0 Å². The number of ether oxygens (including phenoxy) is 1. The third-order valence-corrected chi connectivity index (χ3v) is 5.00.